The quantitative estimate of drug-likeness (QED) is 0.884. The van der Waals surface area contributed by atoms with Crippen molar-refractivity contribution in [3.63, 3.8) is 0 Å². The molecule has 2 aromatic rings. The van der Waals surface area contributed by atoms with E-state index in [0.29, 0.717) is 6.42 Å². The lowest BCUT2D eigenvalue weighted by Gasteiger charge is -2.10. The highest BCUT2D eigenvalue weighted by molar-refractivity contribution is 5.85. The summed E-state index contributed by atoms with van der Waals surface area (Å²) >= 11 is 0. The molecule has 0 unspecified atom stereocenters. The molecule has 0 saturated heterocycles. The van der Waals surface area contributed by atoms with Gasteiger partial charge in [-0.25, -0.2) is 0 Å². The summed E-state index contributed by atoms with van der Waals surface area (Å²) in [7, 11) is 0. The zero-order valence-electron chi connectivity index (χ0n) is 9.27. The van der Waals surface area contributed by atoms with Gasteiger partial charge in [0.2, 0.25) is 0 Å². The largest absolute Gasteiger partial charge is 0.508 e. The monoisotopic (exact) mass is 255 g/mol. The molecule has 17 heavy (non-hydrogen) atoms. The fraction of sp³-hybridized carbons (Fsp3) is 0.231. The second-order valence-corrected chi connectivity index (χ2v) is 3.88. The zero-order valence-corrected chi connectivity index (χ0v) is 10.1. The average molecular weight is 256 g/mol. The molecule has 0 radical (unpaired) electrons. The van der Waals surface area contributed by atoms with Crippen LogP contribution in [0.15, 0.2) is 36.4 Å². The van der Waals surface area contributed by atoms with E-state index in [4.69, 9.17) is 5.73 Å². The van der Waals surface area contributed by atoms with E-state index in [1.54, 1.807) is 12.1 Å². The molecule has 0 aliphatic heterocycles. The molecule has 92 valence electrons. The van der Waals surface area contributed by atoms with Gasteiger partial charge in [-0.3, -0.25) is 4.39 Å². The molecule has 3 N–H and O–H groups in total. The summed E-state index contributed by atoms with van der Waals surface area (Å²) in [5.74, 6) is 0.244. The third kappa shape index (κ3) is 3.08. The summed E-state index contributed by atoms with van der Waals surface area (Å²) in [6.45, 7) is -0.408. The highest BCUT2D eigenvalue weighted by atomic mass is 35.5. The molecular weight excluding hydrogens is 241 g/mol. The molecule has 0 saturated carbocycles. The summed E-state index contributed by atoms with van der Waals surface area (Å²) in [6.07, 6.45) is 0.337. The maximum Gasteiger partial charge on any atom is 0.116 e. The SMILES string of the molecule is Cl.N[C@@H](CCF)c1ccc2cc(O)ccc2c1. The number of aromatic hydroxyl groups is 1. The van der Waals surface area contributed by atoms with Crippen LogP contribution in [0.3, 0.4) is 0 Å². The van der Waals surface area contributed by atoms with Gasteiger partial charge in [-0.05, 0) is 41.0 Å². The Kier molecular flexibility index (Phi) is 4.73. The molecule has 0 amide bonds. The number of alkyl halides is 1. The number of hydrogen-bond acceptors (Lipinski definition) is 2. The Morgan fingerprint density at radius 3 is 2.47 bits per heavy atom. The molecule has 0 aliphatic rings. The molecule has 2 nitrogen and oxygen atoms in total. The maximum absolute atomic E-state index is 12.2. The van der Waals surface area contributed by atoms with Crippen molar-refractivity contribution in [2.75, 3.05) is 6.67 Å². The van der Waals surface area contributed by atoms with Crippen molar-refractivity contribution < 1.29 is 9.50 Å². The van der Waals surface area contributed by atoms with E-state index in [1.165, 1.54) is 0 Å². The lowest BCUT2D eigenvalue weighted by Crippen LogP contribution is -2.10. The third-order valence-corrected chi connectivity index (χ3v) is 2.70. The fourth-order valence-electron chi connectivity index (χ4n) is 1.77. The van der Waals surface area contributed by atoms with Crippen molar-refractivity contribution in [2.24, 2.45) is 5.73 Å². The topological polar surface area (TPSA) is 46.2 Å². The molecule has 2 rings (SSSR count). The van der Waals surface area contributed by atoms with Gasteiger partial charge < -0.3 is 10.8 Å². The predicted octanol–water partition coefficient (Wildman–Crippen LogP) is 3.33. The molecule has 0 fully saturated rings. The van der Waals surface area contributed by atoms with E-state index in [2.05, 4.69) is 0 Å². The molecule has 0 aliphatic carbocycles. The second kappa shape index (κ2) is 5.84. The van der Waals surface area contributed by atoms with Crippen molar-refractivity contribution in [1.29, 1.82) is 0 Å². The lowest BCUT2D eigenvalue weighted by molar-refractivity contribution is 0.442. The average Bonchev–Trinajstić information content (AvgIpc) is 2.28. The Morgan fingerprint density at radius 2 is 1.76 bits per heavy atom. The Morgan fingerprint density at radius 1 is 1.12 bits per heavy atom. The van der Waals surface area contributed by atoms with Crippen molar-refractivity contribution in [1.82, 2.24) is 0 Å². The lowest BCUT2D eigenvalue weighted by atomic mass is 10.0. The summed E-state index contributed by atoms with van der Waals surface area (Å²) in [5.41, 5.74) is 6.76. The highest BCUT2D eigenvalue weighted by Gasteiger charge is 2.06. The standard InChI is InChI=1S/C13H14FNO.ClH/c14-6-5-13(15)11-2-1-10-8-12(16)4-3-9(10)7-11;/h1-4,7-8,13,16H,5-6,15H2;1H/t13-;/m0./s1. The third-order valence-electron chi connectivity index (χ3n) is 2.70. The normalized spacial score (nSPS) is 12.1. The Hall–Kier alpha value is -1.32. The van der Waals surface area contributed by atoms with Crippen LogP contribution in [0.4, 0.5) is 4.39 Å². The number of nitrogens with two attached hydrogens (primary N) is 1. The molecule has 0 bridgehead atoms. The van der Waals surface area contributed by atoms with Crippen LogP contribution < -0.4 is 5.73 Å². The van der Waals surface area contributed by atoms with Crippen LogP contribution in [-0.4, -0.2) is 11.8 Å². The van der Waals surface area contributed by atoms with E-state index in [1.807, 2.05) is 24.3 Å². The van der Waals surface area contributed by atoms with Crippen LogP contribution in [0.1, 0.15) is 18.0 Å². The number of phenols is 1. The zero-order chi connectivity index (χ0) is 11.5. The van der Waals surface area contributed by atoms with Crippen molar-refractivity contribution in [2.45, 2.75) is 12.5 Å². The van der Waals surface area contributed by atoms with Crippen LogP contribution in [-0.2, 0) is 0 Å². The van der Waals surface area contributed by atoms with Crippen molar-refractivity contribution in [3.8, 4) is 5.75 Å². The molecule has 2 aromatic carbocycles. The fourth-order valence-corrected chi connectivity index (χ4v) is 1.77. The molecular formula is C13H15ClFNO. The number of fused-ring (bicyclic) bond motifs is 1. The minimum Gasteiger partial charge on any atom is -0.508 e. The molecule has 1 atom stereocenters. The minimum absolute atomic E-state index is 0. The molecule has 0 spiro atoms. The van der Waals surface area contributed by atoms with Crippen LogP contribution in [0.25, 0.3) is 10.8 Å². The summed E-state index contributed by atoms with van der Waals surface area (Å²) < 4.78 is 12.2. The highest BCUT2D eigenvalue weighted by Crippen LogP contribution is 2.24. The van der Waals surface area contributed by atoms with Gasteiger partial charge in [-0.2, -0.15) is 0 Å². The summed E-state index contributed by atoms with van der Waals surface area (Å²) in [4.78, 5) is 0. The van der Waals surface area contributed by atoms with Crippen molar-refractivity contribution >= 4 is 23.2 Å². The second-order valence-electron chi connectivity index (χ2n) is 3.88. The first-order chi connectivity index (χ1) is 7.70. The van der Waals surface area contributed by atoms with E-state index in [9.17, 15) is 9.50 Å². The van der Waals surface area contributed by atoms with Gasteiger partial charge in [0, 0.05) is 6.04 Å². The van der Waals surface area contributed by atoms with Crippen LogP contribution >= 0.6 is 12.4 Å². The molecule has 4 heteroatoms. The van der Waals surface area contributed by atoms with E-state index >= 15 is 0 Å². The minimum atomic E-state index is -0.408. The smallest absolute Gasteiger partial charge is 0.116 e. The van der Waals surface area contributed by atoms with Crippen LogP contribution in [0, 0.1) is 0 Å². The van der Waals surface area contributed by atoms with Crippen molar-refractivity contribution in [3.05, 3.63) is 42.0 Å². The van der Waals surface area contributed by atoms with Gasteiger partial charge in [-0.15, -0.1) is 12.4 Å². The predicted molar refractivity (Wildman–Crippen MR) is 70.4 cm³/mol. The first-order valence-electron chi connectivity index (χ1n) is 5.25. The van der Waals surface area contributed by atoms with Gasteiger partial charge in [-0.1, -0.05) is 18.2 Å². The molecule has 0 heterocycles. The van der Waals surface area contributed by atoms with E-state index in [0.717, 1.165) is 16.3 Å². The Balaban J connectivity index is 0.00000144. The summed E-state index contributed by atoms with van der Waals surface area (Å²) in [5, 5.41) is 11.3. The number of phenolic OH excluding ortho intramolecular Hbond substituents is 1. The van der Waals surface area contributed by atoms with E-state index < -0.39 is 6.67 Å². The van der Waals surface area contributed by atoms with Crippen LogP contribution in [0.2, 0.25) is 0 Å². The first-order valence-corrected chi connectivity index (χ1v) is 5.25. The Bertz CT molecular complexity index is 504. The maximum atomic E-state index is 12.2. The van der Waals surface area contributed by atoms with Gasteiger partial charge in [0.15, 0.2) is 0 Å². The van der Waals surface area contributed by atoms with Gasteiger partial charge in [0.1, 0.15) is 5.75 Å². The van der Waals surface area contributed by atoms with Gasteiger partial charge in [0.05, 0.1) is 6.67 Å². The molecule has 0 aromatic heterocycles. The summed E-state index contributed by atoms with van der Waals surface area (Å²) in [6, 6.07) is 10.6. The van der Waals surface area contributed by atoms with Gasteiger partial charge >= 0.3 is 0 Å². The number of rotatable bonds is 3. The number of benzene rings is 2. The van der Waals surface area contributed by atoms with Gasteiger partial charge in [0.25, 0.3) is 0 Å². The van der Waals surface area contributed by atoms with E-state index in [-0.39, 0.29) is 24.2 Å². The van der Waals surface area contributed by atoms with Crippen LogP contribution in [0.5, 0.6) is 5.75 Å². The number of halogens is 2. The Labute approximate surface area is 106 Å². The number of hydrogen-bond donors (Lipinski definition) is 2. The first kappa shape index (κ1) is 13.7.